The van der Waals surface area contributed by atoms with Crippen molar-refractivity contribution >= 4 is 17.3 Å². The summed E-state index contributed by atoms with van der Waals surface area (Å²) in [4.78, 5) is 11.1. The molecule has 4 nitrogen and oxygen atoms in total. The van der Waals surface area contributed by atoms with Gasteiger partial charge in [0, 0.05) is 0 Å². The molecule has 0 spiro atoms. The van der Waals surface area contributed by atoms with E-state index in [1.54, 1.807) is 11.4 Å². The summed E-state index contributed by atoms with van der Waals surface area (Å²) < 4.78 is 11.0. The molecule has 0 radical (unpaired) electrons. The Balaban J connectivity index is 1.83. The van der Waals surface area contributed by atoms with E-state index in [1.165, 1.54) is 0 Å². The van der Waals surface area contributed by atoms with E-state index in [-0.39, 0.29) is 4.88 Å². The second-order valence-electron chi connectivity index (χ2n) is 3.88. The summed E-state index contributed by atoms with van der Waals surface area (Å²) in [7, 11) is 0. The first-order valence-electron chi connectivity index (χ1n) is 5.80. The Bertz CT molecular complexity index is 562. The van der Waals surface area contributed by atoms with Gasteiger partial charge in [0.2, 0.25) is 0 Å². The second-order valence-corrected chi connectivity index (χ2v) is 4.80. The molecule has 2 rings (SSSR count). The van der Waals surface area contributed by atoms with Gasteiger partial charge < -0.3 is 14.6 Å². The molecule has 0 atom stereocenters. The molecular formula is C14H14O4S. The Morgan fingerprint density at radius 2 is 1.84 bits per heavy atom. The van der Waals surface area contributed by atoms with Crippen LogP contribution in [0.1, 0.15) is 15.2 Å². The second kappa shape index (κ2) is 6.24. The molecule has 1 heterocycles. The third kappa shape index (κ3) is 3.48. The van der Waals surface area contributed by atoms with Gasteiger partial charge in [-0.2, -0.15) is 0 Å². The molecule has 0 bridgehead atoms. The van der Waals surface area contributed by atoms with Gasteiger partial charge >= 0.3 is 5.97 Å². The summed E-state index contributed by atoms with van der Waals surface area (Å²) >= 11 is 1.15. The fourth-order valence-electron chi connectivity index (χ4n) is 1.59. The predicted octanol–water partition coefficient (Wildman–Crippen LogP) is 3.21. The smallest absolute Gasteiger partial charge is 0.349 e. The Morgan fingerprint density at radius 3 is 2.53 bits per heavy atom. The van der Waals surface area contributed by atoms with Gasteiger partial charge in [0.05, 0.1) is 0 Å². The van der Waals surface area contributed by atoms with Gasteiger partial charge in [0.1, 0.15) is 24.7 Å². The topological polar surface area (TPSA) is 55.8 Å². The van der Waals surface area contributed by atoms with E-state index in [2.05, 4.69) is 0 Å². The molecule has 1 N–H and O–H groups in total. The minimum Gasteiger partial charge on any atom is -0.490 e. The van der Waals surface area contributed by atoms with Crippen molar-refractivity contribution in [1.82, 2.24) is 0 Å². The number of ether oxygens (including phenoxy) is 2. The van der Waals surface area contributed by atoms with Crippen molar-refractivity contribution in [3.05, 3.63) is 46.2 Å². The van der Waals surface area contributed by atoms with Gasteiger partial charge in [0.25, 0.3) is 0 Å². The largest absolute Gasteiger partial charge is 0.490 e. The van der Waals surface area contributed by atoms with E-state index in [0.717, 1.165) is 22.6 Å². The quantitative estimate of drug-likeness (QED) is 0.824. The van der Waals surface area contributed by atoms with Crippen LogP contribution in [0.5, 0.6) is 11.5 Å². The lowest BCUT2D eigenvalue weighted by molar-refractivity contribution is 0.0697. The minimum absolute atomic E-state index is 0.218. The van der Waals surface area contributed by atoms with Gasteiger partial charge in [-0.25, -0.2) is 4.79 Å². The lowest BCUT2D eigenvalue weighted by atomic mass is 10.2. The van der Waals surface area contributed by atoms with Crippen LogP contribution in [0.15, 0.2) is 35.7 Å². The first-order chi connectivity index (χ1) is 9.18. The Morgan fingerprint density at radius 1 is 1.16 bits per heavy atom. The minimum atomic E-state index is -0.968. The summed E-state index contributed by atoms with van der Waals surface area (Å²) in [6.45, 7) is 2.66. The molecule has 19 heavy (non-hydrogen) atoms. The van der Waals surface area contributed by atoms with Crippen LogP contribution in [0.2, 0.25) is 0 Å². The SMILES string of the molecule is Cc1ccccc1OCCOc1ccsc1C(=O)O. The maximum Gasteiger partial charge on any atom is 0.349 e. The number of hydrogen-bond acceptors (Lipinski definition) is 4. The van der Waals surface area contributed by atoms with Gasteiger partial charge in [-0.1, -0.05) is 18.2 Å². The first kappa shape index (κ1) is 13.4. The van der Waals surface area contributed by atoms with Crippen LogP contribution < -0.4 is 9.47 Å². The van der Waals surface area contributed by atoms with Crippen molar-refractivity contribution in [3.8, 4) is 11.5 Å². The van der Waals surface area contributed by atoms with E-state index in [0.29, 0.717) is 19.0 Å². The number of hydrogen-bond donors (Lipinski definition) is 1. The van der Waals surface area contributed by atoms with Crippen LogP contribution in [-0.2, 0) is 0 Å². The molecule has 0 saturated carbocycles. The van der Waals surface area contributed by atoms with Gasteiger partial charge in [-0.05, 0) is 30.0 Å². The highest BCUT2D eigenvalue weighted by Crippen LogP contribution is 2.24. The van der Waals surface area contributed by atoms with E-state index in [4.69, 9.17) is 14.6 Å². The Labute approximate surface area is 115 Å². The van der Waals surface area contributed by atoms with Gasteiger partial charge in [0.15, 0.2) is 4.88 Å². The van der Waals surface area contributed by atoms with Crippen molar-refractivity contribution in [2.75, 3.05) is 13.2 Å². The number of aryl methyl sites for hydroxylation is 1. The van der Waals surface area contributed by atoms with E-state index in [1.807, 2.05) is 31.2 Å². The van der Waals surface area contributed by atoms with Crippen molar-refractivity contribution in [1.29, 1.82) is 0 Å². The third-order valence-corrected chi connectivity index (χ3v) is 3.40. The Kier molecular flexibility index (Phi) is 4.41. The molecule has 5 heteroatoms. The van der Waals surface area contributed by atoms with Crippen molar-refractivity contribution < 1.29 is 19.4 Å². The molecule has 0 aliphatic carbocycles. The summed E-state index contributed by atoms with van der Waals surface area (Å²) in [5.74, 6) is 0.241. The number of thiophene rings is 1. The van der Waals surface area contributed by atoms with Gasteiger partial charge in [-0.3, -0.25) is 0 Å². The fraction of sp³-hybridized carbons (Fsp3) is 0.214. The van der Waals surface area contributed by atoms with Crippen molar-refractivity contribution in [2.24, 2.45) is 0 Å². The molecule has 0 fully saturated rings. The average Bonchev–Trinajstić information content (AvgIpc) is 2.85. The highest BCUT2D eigenvalue weighted by molar-refractivity contribution is 7.12. The molecule has 1 aromatic heterocycles. The zero-order chi connectivity index (χ0) is 13.7. The summed E-state index contributed by atoms with van der Waals surface area (Å²) in [6.07, 6.45) is 0. The number of carbonyl (C=O) groups is 1. The van der Waals surface area contributed by atoms with E-state index < -0.39 is 5.97 Å². The average molecular weight is 278 g/mol. The van der Waals surface area contributed by atoms with Crippen LogP contribution in [0, 0.1) is 6.92 Å². The molecule has 100 valence electrons. The van der Waals surface area contributed by atoms with Crippen LogP contribution in [0.25, 0.3) is 0 Å². The first-order valence-corrected chi connectivity index (χ1v) is 6.68. The van der Waals surface area contributed by atoms with Crippen LogP contribution in [-0.4, -0.2) is 24.3 Å². The number of para-hydroxylation sites is 1. The third-order valence-electron chi connectivity index (χ3n) is 2.52. The van der Waals surface area contributed by atoms with Crippen molar-refractivity contribution in [3.63, 3.8) is 0 Å². The van der Waals surface area contributed by atoms with Gasteiger partial charge in [-0.15, -0.1) is 11.3 Å². The molecule has 0 aliphatic rings. The molecular weight excluding hydrogens is 264 g/mol. The lowest BCUT2D eigenvalue weighted by Crippen LogP contribution is -2.10. The molecule has 0 amide bonds. The standard InChI is InChI=1S/C14H14O4S/c1-10-4-2-3-5-11(10)17-7-8-18-12-6-9-19-13(12)14(15)16/h2-6,9H,7-8H2,1H3,(H,15,16). The highest BCUT2D eigenvalue weighted by Gasteiger charge is 2.12. The number of carboxylic acid groups (broad SMARTS) is 1. The molecule has 2 aromatic rings. The normalized spacial score (nSPS) is 10.2. The zero-order valence-corrected chi connectivity index (χ0v) is 11.3. The van der Waals surface area contributed by atoms with Crippen molar-refractivity contribution in [2.45, 2.75) is 6.92 Å². The monoisotopic (exact) mass is 278 g/mol. The summed E-state index contributed by atoms with van der Waals surface area (Å²) in [5, 5.41) is 10.6. The number of rotatable bonds is 6. The molecule has 0 saturated heterocycles. The summed E-state index contributed by atoms with van der Waals surface area (Å²) in [6, 6.07) is 9.37. The lowest BCUT2D eigenvalue weighted by Gasteiger charge is -2.09. The maximum absolute atomic E-state index is 10.9. The molecule has 0 aliphatic heterocycles. The van der Waals surface area contributed by atoms with E-state index >= 15 is 0 Å². The fourth-order valence-corrected chi connectivity index (χ4v) is 2.26. The predicted molar refractivity (Wildman–Crippen MR) is 73.4 cm³/mol. The van der Waals surface area contributed by atoms with Crippen LogP contribution >= 0.6 is 11.3 Å². The van der Waals surface area contributed by atoms with E-state index in [9.17, 15) is 4.79 Å². The molecule has 0 unspecified atom stereocenters. The number of aromatic carboxylic acids is 1. The zero-order valence-electron chi connectivity index (χ0n) is 10.5. The summed E-state index contributed by atoms with van der Waals surface area (Å²) in [5.41, 5.74) is 1.06. The maximum atomic E-state index is 10.9. The number of carboxylic acids is 1. The molecule has 1 aromatic carbocycles. The van der Waals surface area contributed by atoms with Crippen LogP contribution in [0.3, 0.4) is 0 Å². The Hall–Kier alpha value is -2.01. The number of benzene rings is 1. The highest BCUT2D eigenvalue weighted by atomic mass is 32.1. The van der Waals surface area contributed by atoms with Crippen LogP contribution in [0.4, 0.5) is 0 Å².